The van der Waals surface area contributed by atoms with Crippen LogP contribution in [0.4, 0.5) is 0 Å². The van der Waals surface area contributed by atoms with Gasteiger partial charge in [0.2, 0.25) is 5.91 Å². The van der Waals surface area contributed by atoms with E-state index in [0.29, 0.717) is 11.2 Å². The number of nitrogens with zero attached hydrogens (tertiary/aromatic N) is 2. The van der Waals surface area contributed by atoms with Crippen LogP contribution in [0.1, 0.15) is 32.0 Å². The molecule has 6 heteroatoms. The molecule has 1 unspecified atom stereocenters. The maximum atomic E-state index is 11.1. The average Bonchev–Trinajstić information content (AvgIpc) is 2.79. The number of aromatic nitrogens is 3. The molecular formula is C10H16N4OS. The van der Waals surface area contributed by atoms with Gasteiger partial charge in [0.05, 0.1) is 0 Å². The first-order chi connectivity index (χ1) is 7.70. The zero-order chi connectivity index (χ0) is 11.5. The fourth-order valence-corrected chi connectivity index (χ4v) is 2.21. The predicted molar refractivity (Wildman–Crippen MR) is 62.6 cm³/mol. The molecule has 16 heavy (non-hydrogen) atoms. The van der Waals surface area contributed by atoms with Gasteiger partial charge in [0, 0.05) is 25.4 Å². The summed E-state index contributed by atoms with van der Waals surface area (Å²) in [6, 6.07) is 0.201. The number of hydrogen-bond donors (Lipinski definition) is 2. The van der Waals surface area contributed by atoms with Crippen molar-refractivity contribution in [1.29, 1.82) is 0 Å². The zero-order valence-electron chi connectivity index (χ0n) is 9.32. The summed E-state index contributed by atoms with van der Waals surface area (Å²) in [6.45, 7) is 2.84. The molecule has 0 saturated carbocycles. The molecule has 1 aliphatic heterocycles. The Morgan fingerprint density at radius 3 is 3.06 bits per heavy atom. The predicted octanol–water partition coefficient (Wildman–Crippen LogP) is 1.17. The molecule has 1 fully saturated rings. The number of carbonyl (C=O) groups excluding carboxylic acids is 1. The molecule has 0 aliphatic carbocycles. The van der Waals surface area contributed by atoms with Crippen molar-refractivity contribution in [2.75, 3.05) is 0 Å². The lowest BCUT2D eigenvalue weighted by Gasteiger charge is -2.12. The minimum absolute atomic E-state index is 0.136. The van der Waals surface area contributed by atoms with Crippen LogP contribution in [0.25, 0.3) is 0 Å². The van der Waals surface area contributed by atoms with E-state index in [1.807, 2.05) is 4.57 Å². The van der Waals surface area contributed by atoms with Gasteiger partial charge in [0.25, 0.3) is 0 Å². The zero-order valence-corrected chi connectivity index (χ0v) is 10.1. The van der Waals surface area contributed by atoms with Crippen LogP contribution in [0.2, 0.25) is 0 Å². The highest BCUT2D eigenvalue weighted by molar-refractivity contribution is 7.71. The molecule has 0 spiro atoms. The van der Waals surface area contributed by atoms with Gasteiger partial charge in [-0.3, -0.25) is 9.89 Å². The summed E-state index contributed by atoms with van der Waals surface area (Å²) in [5.41, 5.74) is 0. The lowest BCUT2D eigenvalue weighted by Crippen LogP contribution is -2.30. The van der Waals surface area contributed by atoms with Gasteiger partial charge in [-0.25, -0.2) is 0 Å². The molecule has 1 aromatic rings. The first kappa shape index (κ1) is 11.3. The molecule has 0 bridgehead atoms. The van der Waals surface area contributed by atoms with Crippen LogP contribution in [0.5, 0.6) is 0 Å². The molecule has 2 N–H and O–H groups in total. The van der Waals surface area contributed by atoms with Crippen molar-refractivity contribution in [2.45, 2.75) is 45.2 Å². The van der Waals surface area contributed by atoms with Crippen molar-refractivity contribution in [1.82, 2.24) is 20.1 Å². The molecular weight excluding hydrogens is 224 g/mol. The fourth-order valence-electron chi connectivity index (χ4n) is 1.99. The van der Waals surface area contributed by atoms with Crippen molar-refractivity contribution in [3.8, 4) is 0 Å². The Morgan fingerprint density at radius 2 is 2.44 bits per heavy atom. The van der Waals surface area contributed by atoms with Crippen LogP contribution in [-0.2, 0) is 17.8 Å². The Labute approximate surface area is 99.2 Å². The molecule has 88 valence electrons. The van der Waals surface area contributed by atoms with Crippen LogP contribution in [0, 0.1) is 4.77 Å². The maximum absolute atomic E-state index is 11.1. The SMILES string of the molecule is CCCc1n[nH]c(=S)n1CC1CCC(=O)N1. The number of hydrogen-bond acceptors (Lipinski definition) is 3. The third kappa shape index (κ3) is 2.32. The second-order valence-corrected chi connectivity index (χ2v) is 4.50. The van der Waals surface area contributed by atoms with Gasteiger partial charge in [0.15, 0.2) is 4.77 Å². The Kier molecular flexibility index (Phi) is 3.38. The standard InChI is InChI=1S/C10H16N4OS/c1-2-3-8-12-13-10(16)14(8)6-7-4-5-9(15)11-7/h7H,2-6H2,1H3,(H,11,15)(H,13,16). The van der Waals surface area contributed by atoms with Gasteiger partial charge < -0.3 is 9.88 Å². The average molecular weight is 240 g/mol. The fraction of sp³-hybridized carbons (Fsp3) is 0.700. The summed E-state index contributed by atoms with van der Waals surface area (Å²) in [5.74, 6) is 1.12. The highest BCUT2D eigenvalue weighted by Gasteiger charge is 2.22. The van der Waals surface area contributed by atoms with Gasteiger partial charge in [-0.15, -0.1) is 0 Å². The van der Waals surface area contributed by atoms with E-state index in [1.165, 1.54) is 0 Å². The molecule has 1 aromatic heterocycles. The van der Waals surface area contributed by atoms with Crippen LogP contribution >= 0.6 is 12.2 Å². The van der Waals surface area contributed by atoms with Gasteiger partial charge in [-0.05, 0) is 25.1 Å². The summed E-state index contributed by atoms with van der Waals surface area (Å²) in [5, 5.41) is 9.95. The Morgan fingerprint density at radius 1 is 1.62 bits per heavy atom. The lowest BCUT2D eigenvalue weighted by molar-refractivity contribution is -0.119. The van der Waals surface area contributed by atoms with Gasteiger partial charge in [-0.1, -0.05) is 6.92 Å². The summed E-state index contributed by atoms with van der Waals surface area (Å²) >= 11 is 5.18. The van der Waals surface area contributed by atoms with E-state index in [9.17, 15) is 4.79 Å². The van der Waals surface area contributed by atoms with Crippen LogP contribution in [0.15, 0.2) is 0 Å². The Hall–Kier alpha value is -1.17. The highest BCUT2D eigenvalue weighted by atomic mass is 32.1. The van der Waals surface area contributed by atoms with E-state index >= 15 is 0 Å². The molecule has 0 aromatic carbocycles. The van der Waals surface area contributed by atoms with Crippen molar-refractivity contribution < 1.29 is 4.79 Å². The highest BCUT2D eigenvalue weighted by Crippen LogP contribution is 2.11. The van der Waals surface area contributed by atoms with Crippen LogP contribution < -0.4 is 5.32 Å². The van der Waals surface area contributed by atoms with Crippen molar-refractivity contribution in [3.63, 3.8) is 0 Å². The molecule has 2 rings (SSSR count). The first-order valence-corrected chi connectivity index (χ1v) is 6.05. The topological polar surface area (TPSA) is 62.7 Å². The number of amides is 1. The summed E-state index contributed by atoms with van der Waals surface area (Å²) in [4.78, 5) is 11.1. The van der Waals surface area contributed by atoms with E-state index in [-0.39, 0.29) is 11.9 Å². The van der Waals surface area contributed by atoms with Gasteiger partial charge >= 0.3 is 0 Å². The van der Waals surface area contributed by atoms with E-state index in [4.69, 9.17) is 12.2 Å². The lowest BCUT2D eigenvalue weighted by atomic mass is 10.2. The largest absolute Gasteiger partial charge is 0.352 e. The monoisotopic (exact) mass is 240 g/mol. The Balaban J connectivity index is 2.10. The summed E-state index contributed by atoms with van der Waals surface area (Å²) < 4.78 is 2.64. The van der Waals surface area contributed by atoms with Gasteiger partial charge in [-0.2, -0.15) is 5.10 Å². The first-order valence-electron chi connectivity index (χ1n) is 5.64. The number of aryl methyl sites for hydroxylation is 1. The number of H-pyrrole nitrogens is 1. The number of aromatic amines is 1. The summed E-state index contributed by atoms with van der Waals surface area (Å²) in [7, 11) is 0. The number of rotatable bonds is 4. The number of carbonyl (C=O) groups is 1. The Bertz CT molecular complexity index is 436. The van der Waals surface area contributed by atoms with E-state index < -0.39 is 0 Å². The van der Waals surface area contributed by atoms with E-state index in [0.717, 1.165) is 31.6 Å². The van der Waals surface area contributed by atoms with E-state index in [1.54, 1.807) is 0 Å². The molecule has 2 heterocycles. The molecule has 0 radical (unpaired) electrons. The van der Waals surface area contributed by atoms with Gasteiger partial charge in [0.1, 0.15) is 5.82 Å². The quantitative estimate of drug-likeness (QED) is 0.777. The molecule has 1 amide bonds. The normalized spacial score (nSPS) is 20.1. The second kappa shape index (κ2) is 4.78. The third-order valence-electron chi connectivity index (χ3n) is 2.80. The van der Waals surface area contributed by atoms with Crippen molar-refractivity contribution >= 4 is 18.1 Å². The van der Waals surface area contributed by atoms with Crippen molar-refractivity contribution in [2.24, 2.45) is 0 Å². The van der Waals surface area contributed by atoms with Crippen LogP contribution in [-0.4, -0.2) is 26.7 Å². The minimum atomic E-state index is 0.136. The molecule has 1 aliphatic rings. The van der Waals surface area contributed by atoms with Crippen molar-refractivity contribution in [3.05, 3.63) is 10.6 Å². The minimum Gasteiger partial charge on any atom is -0.352 e. The third-order valence-corrected chi connectivity index (χ3v) is 3.11. The molecule has 5 nitrogen and oxygen atoms in total. The second-order valence-electron chi connectivity index (χ2n) is 4.11. The van der Waals surface area contributed by atoms with E-state index in [2.05, 4.69) is 22.4 Å². The summed E-state index contributed by atoms with van der Waals surface area (Å²) in [6.07, 6.45) is 3.46. The van der Waals surface area contributed by atoms with Crippen LogP contribution in [0.3, 0.4) is 0 Å². The number of nitrogens with one attached hydrogen (secondary N) is 2. The molecule has 1 saturated heterocycles. The maximum Gasteiger partial charge on any atom is 0.220 e. The molecule has 1 atom stereocenters. The smallest absolute Gasteiger partial charge is 0.220 e.